The van der Waals surface area contributed by atoms with Crippen LogP contribution in [0.4, 0.5) is 13.2 Å². The van der Waals surface area contributed by atoms with E-state index in [0.717, 1.165) is 24.7 Å². The fourth-order valence-electron chi connectivity index (χ4n) is 4.63. The Kier molecular flexibility index (Phi) is 6.06. The molecule has 1 aromatic carbocycles. The third kappa shape index (κ3) is 4.60. The van der Waals surface area contributed by atoms with Crippen molar-refractivity contribution in [1.82, 2.24) is 34.5 Å². The van der Waals surface area contributed by atoms with Gasteiger partial charge in [0, 0.05) is 36.5 Å². The normalized spacial score (nSPS) is 14.6. The fraction of sp³-hybridized carbons (Fsp3) is 0.296. The minimum absolute atomic E-state index is 0.175. The summed E-state index contributed by atoms with van der Waals surface area (Å²) < 4.78 is 46.3. The first-order valence-corrected chi connectivity index (χ1v) is 12.5. The van der Waals surface area contributed by atoms with Gasteiger partial charge in [-0.15, -0.1) is 0 Å². The first-order chi connectivity index (χ1) is 18.7. The quantitative estimate of drug-likeness (QED) is 0.295. The van der Waals surface area contributed by atoms with Gasteiger partial charge in [0.05, 0.1) is 29.5 Å². The average molecular weight is 536 g/mol. The number of benzene rings is 1. The van der Waals surface area contributed by atoms with Crippen molar-refractivity contribution in [2.45, 2.75) is 38.0 Å². The molecule has 1 atom stereocenters. The van der Waals surface area contributed by atoms with E-state index in [-0.39, 0.29) is 5.82 Å². The van der Waals surface area contributed by atoms with Gasteiger partial charge in [0.2, 0.25) is 5.88 Å². The monoisotopic (exact) mass is 535 g/mol. The first-order valence-electron chi connectivity index (χ1n) is 12.5. The van der Waals surface area contributed by atoms with Gasteiger partial charge in [0.1, 0.15) is 23.8 Å². The summed E-state index contributed by atoms with van der Waals surface area (Å²) in [4.78, 5) is 24.9. The number of aromatic amines is 1. The van der Waals surface area contributed by atoms with Crippen LogP contribution in [0.2, 0.25) is 0 Å². The number of rotatable bonds is 7. The van der Waals surface area contributed by atoms with Crippen LogP contribution < -0.4 is 4.74 Å². The van der Waals surface area contributed by atoms with E-state index in [9.17, 15) is 18.3 Å². The zero-order chi connectivity index (χ0) is 27.3. The number of nitrogens with zero attached hydrogens (tertiary/aromatic N) is 6. The van der Waals surface area contributed by atoms with Crippen LogP contribution in [0, 0.1) is 0 Å². The Hall–Kier alpha value is -4.32. The predicted molar refractivity (Wildman–Crippen MR) is 136 cm³/mol. The van der Waals surface area contributed by atoms with Gasteiger partial charge in [0.15, 0.2) is 11.5 Å². The minimum Gasteiger partial charge on any atom is -0.477 e. The standard InChI is InChI=1S/C27H24F3N7O2/c1-3-39-26-20(21(14-4-5-14)33-13-34-26)24-32-11-18-22(36-24)17(10-31-18)23(38)15-6-8-16(9-7-15)25-35-19(12-37(25)2)27(28,29)30/h6-14,23,31,38H,3-5H2,1-2H3. The number of hydrogen-bond donors (Lipinski definition) is 2. The summed E-state index contributed by atoms with van der Waals surface area (Å²) in [5.41, 5.74) is 3.28. The van der Waals surface area contributed by atoms with Crippen LogP contribution in [-0.4, -0.2) is 46.2 Å². The molecular weight excluding hydrogens is 511 g/mol. The topological polar surface area (TPSA) is 115 Å². The van der Waals surface area contributed by atoms with Crippen molar-refractivity contribution in [3.05, 3.63) is 71.7 Å². The molecule has 0 saturated heterocycles. The van der Waals surface area contributed by atoms with Gasteiger partial charge >= 0.3 is 6.18 Å². The lowest BCUT2D eigenvalue weighted by Gasteiger charge is -2.13. The Morgan fingerprint density at radius 2 is 1.90 bits per heavy atom. The molecule has 5 aromatic rings. The molecule has 0 amide bonds. The summed E-state index contributed by atoms with van der Waals surface area (Å²) in [7, 11) is 1.51. The Bertz CT molecular complexity index is 1660. The van der Waals surface area contributed by atoms with Gasteiger partial charge < -0.3 is 19.4 Å². The maximum Gasteiger partial charge on any atom is 0.434 e. The molecule has 1 saturated carbocycles. The summed E-state index contributed by atoms with van der Waals surface area (Å²) in [5.74, 6) is 1.31. The number of nitrogens with one attached hydrogen (secondary N) is 1. The number of aliphatic hydroxyl groups is 1. The maximum absolute atomic E-state index is 13.1. The second-order valence-corrected chi connectivity index (χ2v) is 9.43. The molecule has 1 aliphatic rings. The van der Waals surface area contributed by atoms with E-state index in [2.05, 4.69) is 24.9 Å². The number of ether oxygens (including phenoxy) is 1. The van der Waals surface area contributed by atoms with E-state index >= 15 is 0 Å². The number of fused-ring (bicyclic) bond motifs is 1. The third-order valence-electron chi connectivity index (χ3n) is 6.70. The van der Waals surface area contributed by atoms with Gasteiger partial charge in [-0.3, -0.25) is 0 Å². The zero-order valence-corrected chi connectivity index (χ0v) is 21.1. The number of imidazole rings is 1. The lowest BCUT2D eigenvalue weighted by atomic mass is 10.0. The Balaban J connectivity index is 1.35. The number of aliphatic hydroxyl groups excluding tert-OH is 1. The number of halogens is 3. The van der Waals surface area contributed by atoms with E-state index in [4.69, 9.17) is 9.72 Å². The van der Waals surface area contributed by atoms with Crippen LogP contribution in [0.25, 0.3) is 33.8 Å². The second-order valence-electron chi connectivity index (χ2n) is 9.43. The number of hydrogen-bond acceptors (Lipinski definition) is 7. The molecule has 0 radical (unpaired) electrons. The lowest BCUT2D eigenvalue weighted by molar-refractivity contribution is -0.140. The van der Waals surface area contributed by atoms with E-state index in [0.29, 0.717) is 57.5 Å². The number of H-pyrrole nitrogens is 1. The smallest absolute Gasteiger partial charge is 0.434 e. The molecule has 1 fully saturated rings. The maximum atomic E-state index is 13.1. The molecular formula is C27H24F3N7O2. The van der Waals surface area contributed by atoms with Crippen LogP contribution in [0.3, 0.4) is 0 Å². The van der Waals surface area contributed by atoms with Crippen LogP contribution in [0.5, 0.6) is 5.88 Å². The molecule has 0 spiro atoms. The Morgan fingerprint density at radius 1 is 1.13 bits per heavy atom. The van der Waals surface area contributed by atoms with Crippen molar-refractivity contribution in [2.24, 2.45) is 7.05 Å². The first kappa shape index (κ1) is 25.0. The molecule has 4 aromatic heterocycles. The van der Waals surface area contributed by atoms with Gasteiger partial charge in [-0.1, -0.05) is 24.3 Å². The highest BCUT2D eigenvalue weighted by molar-refractivity contribution is 5.82. The van der Waals surface area contributed by atoms with Crippen LogP contribution in [-0.2, 0) is 13.2 Å². The van der Waals surface area contributed by atoms with Crippen molar-refractivity contribution in [3.63, 3.8) is 0 Å². The summed E-state index contributed by atoms with van der Waals surface area (Å²) in [6, 6.07) is 6.58. The number of aryl methyl sites for hydroxylation is 1. The van der Waals surface area contributed by atoms with Crippen molar-refractivity contribution in [3.8, 4) is 28.7 Å². The fourth-order valence-corrected chi connectivity index (χ4v) is 4.63. The van der Waals surface area contributed by atoms with Gasteiger partial charge in [-0.2, -0.15) is 13.2 Å². The van der Waals surface area contributed by atoms with E-state index in [1.807, 2.05) is 6.92 Å². The zero-order valence-electron chi connectivity index (χ0n) is 21.1. The SMILES string of the molecule is CCOc1ncnc(C2CC2)c1-c1ncc2[nH]cc(C(O)c3ccc(-c4nc(C(F)(F)F)cn4C)cc3)c2n1. The molecule has 4 heterocycles. The van der Waals surface area contributed by atoms with Crippen molar-refractivity contribution < 1.29 is 23.0 Å². The Morgan fingerprint density at radius 3 is 2.56 bits per heavy atom. The molecule has 12 heteroatoms. The molecule has 0 aliphatic heterocycles. The number of aromatic nitrogens is 7. The van der Waals surface area contributed by atoms with Crippen LogP contribution >= 0.6 is 0 Å². The predicted octanol–water partition coefficient (Wildman–Crippen LogP) is 5.19. The molecule has 1 aliphatic carbocycles. The molecule has 0 bridgehead atoms. The Labute approximate surface area is 220 Å². The highest BCUT2D eigenvalue weighted by Gasteiger charge is 2.35. The highest BCUT2D eigenvalue weighted by atomic mass is 19.4. The largest absolute Gasteiger partial charge is 0.477 e. The van der Waals surface area contributed by atoms with Crippen molar-refractivity contribution >= 4 is 11.0 Å². The second kappa shape index (κ2) is 9.45. The molecule has 39 heavy (non-hydrogen) atoms. The molecule has 2 N–H and O–H groups in total. The van der Waals surface area contributed by atoms with Crippen molar-refractivity contribution in [1.29, 1.82) is 0 Å². The summed E-state index contributed by atoms with van der Waals surface area (Å²) in [6.45, 7) is 2.30. The van der Waals surface area contributed by atoms with Crippen molar-refractivity contribution in [2.75, 3.05) is 6.61 Å². The van der Waals surface area contributed by atoms with Crippen LogP contribution in [0.15, 0.2) is 49.2 Å². The van der Waals surface area contributed by atoms with E-state index in [1.54, 1.807) is 36.7 Å². The average Bonchev–Trinajstić information content (AvgIpc) is 3.56. The van der Waals surface area contributed by atoms with E-state index in [1.165, 1.54) is 17.9 Å². The van der Waals surface area contributed by atoms with Crippen LogP contribution in [0.1, 0.15) is 54.3 Å². The third-order valence-corrected chi connectivity index (χ3v) is 6.70. The minimum atomic E-state index is -4.53. The van der Waals surface area contributed by atoms with Gasteiger partial charge in [-0.05, 0) is 25.3 Å². The van der Waals surface area contributed by atoms with Gasteiger partial charge in [-0.25, -0.2) is 24.9 Å². The molecule has 1 unspecified atom stereocenters. The van der Waals surface area contributed by atoms with E-state index < -0.39 is 18.0 Å². The summed E-state index contributed by atoms with van der Waals surface area (Å²) >= 11 is 0. The highest BCUT2D eigenvalue weighted by Crippen LogP contribution is 2.45. The summed E-state index contributed by atoms with van der Waals surface area (Å²) in [5, 5.41) is 11.3. The van der Waals surface area contributed by atoms with Gasteiger partial charge in [0.25, 0.3) is 0 Å². The lowest BCUT2D eigenvalue weighted by Crippen LogP contribution is -2.05. The molecule has 6 rings (SSSR count). The number of alkyl halides is 3. The molecule has 9 nitrogen and oxygen atoms in total. The summed E-state index contributed by atoms with van der Waals surface area (Å²) in [6.07, 6.45) is 2.23. The molecule has 200 valence electrons.